The Labute approximate surface area is 130 Å². The van der Waals surface area contributed by atoms with E-state index >= 15 is 0 Å². The Bertz CT molecular complexity index is 379. The van der Waals surface area contributed by atoms with Crippen LogP contribution in [0.25, 0.3) is 0 Å². The molecule has 1 saturated heterocycles. The first-order valence-electron chi connectivity index (χ1n) is 7.38. The first-order chi connectivity index (χ1) is 9.74. The topological polar surface area (TPSA) is 40.5 Å². The minimum absolute atomic E-state index is 0.0901. The molecule has 1 heterocycles. The number of thioether (sulfide) groups is 2. The Morgan fingerprint density at radius 2 is 1.80 bits per heavy atom. The Balaban J connectivity index is 2.16. The third-order valence-electron chi connectivity index (χ3n) is 3.70. The van der Waals surface area contributed by atoms with Crippen molar-refractivity contribution >= 4 is 23.5 Å². The van der Waals surface area contributed by atoms with Crippen molar-refractivity contribution in [3.8, 4) is 0 Å². The summed E-state index contributed by atoms with van der Waals surface area (Å²) in [7, 11) is 0. The minimum Gasteiger partial charge on any atom is -0.393 e. The fourth-order valence-electron chi connectivity index (χ4n) is 2.63. The van der Waals surface area contributed by atoms with Crippen molar-refractivity contribution in [2.45, 2.75) is 43.0 Å². The summed E-state index contributed by atoms with van der Waals surface area (Å²) in [5, 5.41) is 21.2. The molecule has 112 valence electrons. The molecule has 4 heteroatoms. The lowest BCUT2D eigenvalue weighted by molar-refractivity contribution is 0.0151. The molecule has 0 unspecified atom stereocenters. The highest BCUT2D eigenvalue weighted by Gasteiger charge is 2.36. The molecule has 0 aliphatic carbocycles. The second-order valence-electron chi connectivity index (χ2n) is 5.25. The first kappa shape index (κ1) is 16.2. The van der Waals surface area contributed by atoms with Crippen LogP contribution in [-0.4, -0.2) is 32.4 Å². The number of benzene rings is 1. The number of aliphatic hydroxyl groups excluding tert-OH is 2. The van der Waals surface area contributed by atoms with Gasteiger partial charge in [0.25, 0.3) is 0 Å². The van der Waals surface area contributed by atoms with Gasteiger partial charge in [-0.1, -0.05) is 43.7 Å². The SMILES string of the molecule is CCC[C@H](O)[C@H](C1SCCCS1)[C@H](O)c1ccccc1. The average Bonchev–Trinajstić information content (AvgIpc) is 2.50. The van der Waals surface area contributed by atoms with Crippen molar-refractivity contribution in [2.75, 3.05) is 11.5 Å². The van der Waals surface area contributed by atoms with E-state index in [1.807, 2.05) is 53.9 Å². The van der Waals surface area contributed by atoms with Crippen LogP contribution in [0.5, 0.6) is 0 Å². The van der Waals surface area contributed by atoms with Crippen LogP contribution in [0, 0.1) is 5.92 Å². The van der Waals surface area contributed by atoms with Gasteiger partial charge in [0, 0.05) is 5.92 Å². The van der Waals surface area contributed by atoms with E-state index in [2.05, 4.69) is 6.92 Å². The van der Waals surface area contributed by atoms with E-state index in [0.717, 1.165) is 29.9 Å². The van der Waals surface area contributed by atoms with E-state index < -0.39 is 12.2 Å². The van der Waals surface area contributed by atoms with E-state index in [0.29, 0.717) is 4.58 Å². The van der Waals surface area contributed by atoms with Gasteiger partial charge in [0.15, 0.2) is 0 Å². The second kappa shape index (κ2) is 8.32. The van der Waals surface area contributed by atoms with E-state index in [1.54, 1.807) is 0 Å². The lowest BCUT2D eigenvalue weighted by Gasteiger charge is -2.35. The maximum Gasteiger partial charge on any atom is 0.0861 e. The zero-order valence-electron chi connectivity index (χ0n) is 11.9. The third-order valence-corrected chi connectivity index (χ3v) is 6.85. The van der Waals surface area contributed by atoms with Gasteiger partial charge in [-0.3, -0.25) is 0 Å². The third kappa shape index (κ3) is 4.17. The van der Waals surface area contributed by atoms with Crippen molar-refractivity contribution in [2.24, 2.45) is 5.92 Å². The van der Waals surface area contributed by atoms with Crippen molar-refractivity contribution in [3.05, 3.63) is 35.9 Å². The smallest absolute Gasteiger partial charge is 0.0861 e. The van der Waals surface area contributed by atoms with Gasteiger partial charge >= 0.3 is 0 Å². The summed E-state index contributed by atoms with van der Waals surface area (Å²) >= 11 is 3.78. The van der Waals surface area contributed by atoms with Crippen LogP contribution in [0.15, 0.2) is 30.3 Å². The molecule has 20 heavy (non-hydrogen) atoms. The average molecular weight is 312 g/mol. The maximum absolute atomic E-state index is 10.7. The summed E-state index contributed by atoms with van der Waals surface area (Å²) in [6, 6.07) is 9.76. The monoisotopic (exact) mass is 312 g/mol. The summed E-state index contributed by atoms with van der Waals surface area (Å²) < 4.78 is 0.292. The van der Waals surface area contributed by atoms with Gasteiger partial charge in [0.1, 0.15) is 0 Å². The molecule has 2 N–H and O–H groups in total. The molecule has 2 nitrogen and oxygen atoms in total. The highest BCUT2D eigenvalue weighted by Crippen LogP contribution is 2.43. The van der Waals surface area contributed by atoms with Crippen molar-refractivity contribution in [1.82, 2.24) is 0 Å². The van der Waals surface area contributed by atoms with E-state index in [-0.39, 0.29) is 5.92 Å². The molecule has 0 saturated carbocycles. The molecule has 0 radical (unpaired) electrons. The van der Waals surface area contributed by atoms with Gasteiger partial charge in [-0.2, -0.15) is 0 Å². The van der Waals surface area contributed by atoms with Crippen LogP contribution in [0.4, 0.5) is 0 Å². The van der Waals surface area contributed by atoms with Crippen molar-refractivity contribution in [1.29, 1.82) is 0 Å². The van der Waals surface area contributed by atoms with Gasteiger partial charge in [-0.05, 0) is 29.9 Å². The van der Waals surface area contributed by atoms with Gasteiger partial charge in [0.05, 0.1) is 16.8 Å². The molecule has 0 aromatic heterocycles. The predicted molar refractivity (Wildman–Crippen MR) is 89.1 cm³/mol. The minimum atomic E-state index is -0.583. The first-order valence-corrected chi connectivity index (χ1v) is 9.48. The quantitative estimate of drug-likeness (QED) is 0.840. The zero-order valence-corrected chi connectivity index (χ0v) is 13.6. The number of hydrogen-bond donors (Lipinski definition) is 2. The normalized spacial score (nSPS) is 21.4. The largest absolute Gasteiger partial charge is 0.393 e. The Morgan fingerprint density at radius 1 is 1.15 bits per heavy atom. The Hall–Kier alpha value is -0.160. The standard InChI is InChI=1S/C16H24O2S2/c1-2-7-13(17)14(16-19-10-6-11-20-16)15(18)12-8-4-3-5-9-12/h3-5,8-9,13-18H,2,6-7,10-11H2,1H3/t13-,14-,15+/m0/s1. The molecular formula is C16H24O2S2. The van der Waals surface area contributed by atoms with Crippen LogP contribution in [0.1, 0.15) is 37.9 Å². The van der Waals surface area contributed by atoms with Gasteiger partial charge in [0.2, 0.25) is 0 Å². The van der Waals surface area contributed by atoms with Crippen LogP contribution < -0.4 is 0 Å². The summed E-state index contributed by atoms with van der Waals surface area (Å²) in [6.45, 7) is 2.08. The zero-order chi connectivity index (χ0) is 14.4. The van der Waals surface area contributed by atoms with Gasteiger partial charge in [-0.25, -0.2) is 0 Å². The van der Waals surface area contributed by atoms with Crippen LogP contribution in [0.2, 0.25) is 0 Å². The molecule has 1 aliphatic heterocycles. The van der Waals surface area contributed by atoms with Gasteiger partial charge < -0.3 is 10.2 Å². The Kier molecular flexibility index (Phi) is 6.75. The second-order valence-corrected chi connectivity index (χ2v) is 8.05. The summed E-state index contributed by atoms with van der Waals surface area (Å²) in [6.07, 6.45) is 1.91. The highest BCUT2D eigenvalue weighted by molar-refractivity contribution is 8.17. The molecular weight excluding hydrogens is 288 g/mol. The number of aliphatic hydroxyl groups is 2. The van der Waals surface area contributed by atoms with Crippen LogP contribution in [0.3, 0.4) is 0 Å². The fourth-order valence-corrected chi connectivity index (χ4v) is 5.97. The van der Waals surface area contributed by atoms with E-state index in [4.69, 9.17) is 0 Å². The van der Waals surface area contributed by atoms with Crippen LogP contribution >= 0.6 is 23.5 Å². The molecule has 1 aromatic rings. The maximum atomic E-state index is 10.7. The van der Waals surface area contributed by atoms with Crippen molar-refractivity contribution < 1.29 is 10.2 Å². The van der Waals surface area contributed by atoms with Crippen molar-refractivity contribution in [3.63, 3.8) is 0 Å². The molecule has 3 atom stereocenters. The lowest BCUT2D eigenvalue weighted by atomic mass is 9.90. The molecule has 0 bridgehead atoms. The molecule has 0 amide bonds. The summed E-state index contributed by atoms with van der Waals surface area (Å²) in [5.74, 6) is 2.18. The predicted octanol–water partition coefficient (Wildman–Crippen LogP) is 3.69. The summed E-state index contributed by atoms with van der Waals surface area (Å²) in [4.78, 5) is 0. The highest BCUT2D eigenvalue weighted by atomic mass is 32.2. The number of rotatable bonds is 6. The van der Waals surface area contributed by atoms with Gasteiger partial charge in [-0.15, -0.1) is 23.5 Å². The molecule has 1 fully saturated rings. The molecule has 0 spiro atoms. The van der Waals surface area contributed by atoms with E-state index in [1.165, 1.54) is 6.42 Å². The number of hydrogen-bond acceptors (Lipinski definition) is 4. The summed E-state index contributed by atoms with van der Waals surface area (Å²) in [5.41, 5.74) is 0.916. The Morgan fingerprint density at radius 3 is 2.40 bits per heavy atom. The molecule has 1 aliphatic rings. The molecule has 1 aromatic carbocycles. The van der Waals surface area contributed by atoms with Crippen LogP contribution in [-0.2, 0) is 0 Å². The lowest BCUT2D eigenvalue weighted by Crippen LogP contribution is -2.35. The fraction of sp³-hybridized carbons (Fsp3) is 0.625. The van der Waals surface area contributed by atoms with E-state index in [9.17, 15) is 10.2 Å². The molecule has 2 rings (SSSR count).